The van der Waals surface area contributed by atoms with Crippen LogP contribution in [0, 0.1) is 0 Å². The van der Waals surface area contributed by atoms with Gasteiger partial charge in [-0.2, -0.15) is 0 Å². The summed E-state index contributed by atoms with van der Waals surface area (Å²) in [5.74, 6) is -1.28. The third kappa shape index (κ3) is 6.70. The van der Waals surface area contributed by atoms with Crippen molar-refractivity contribution >= 4 is 44.9 Å². The number of hydrogen-bond acceptors (Lipinski definition) is 6. The van der Waals surface area contributed by atoms with E-state index in [9.17, 15) is 18.0 Å². The Labute approximate surface area is 226 Å². The SMILES string of the molecule is CS(=O)(=O)c1cccc(C[C@H](NC(=O)c2c(Cl)cc3c(c2Cl)CCNC3)C(=O)OCc2ccccc2)c1. The summed E-state index contributed by atoms with van der Waals surface area (Å²) in [6, 6.07) is 16.0. The molecule has 0 bridgehead atoms. The number of benzene rings is 3. The van der Waals surface area contributed by atoms with Crippen LogP contribution in [-0.2, 0) is 45.4 Å². The first-order valence-corrected chi connectivity index (χ1v) is 14.3. The van der Waals surface area contributed by atoms with Crippen LogP contribution in [0.1, 0.15) is 32.6 Å². The van der Waals surface area contributed by atoms with Gasteiger partial charge in [0.15, 0.2) is 9.84 Å². The normalized spacial score (nSPS) is 13.9. The zero-order chi connectivity index (χ0) is 26.6. The number of carbonyl (C=O) groups excluding carboxylic acids is 2. The molecule has 0 spiro atoms. The quantitative estimate of drug-likeness (QED) is 0.402. The molecule has 194 valence electrons. The molecule has 3 aromatic carbocycles. The summed E-state index contributed by atoms with van der Waals surface area (Å²) >= 11 is 13.0. The average Bonchev–Trinajstić information content (AvgIpc) is 2.87. The van der Waals surface area contributed by atoms with E-state index in [2.05, 4.69) is 10.6 Å². The minimum absolute atomic E-state index is 0.00677. The second kappa shape index (κ2) is 11.6. The van der Waals surface area contributed by atoms with E-state index in [4.69, 9.17) is 27.9 Å². The fourth-order valence-electron chi connectivity index (χ4n) is 4.17. The molecule has 1 aliphatic heterocycles. The van der Waals surface area contributed by atoms with E-state index in [0.717, 1.165) is 29.5 Å². The molecule has 0 saturated carbocycles. The second-order valence-corrected chi connectivity index (χ2v) is 11.7. The van der Waals surface area contributed by atoms with E-state index in [-0.39, 0.29) is 33.5 Å². The van der Waals surface area contributed by atoms with Crippen LogP contribution in [0.15, 0.2) is 65.6 Å². The Kier molecular flexibility index (Phi) is 8.54. The number of esters is 1. The van der Waals surface area contributed by atoms with Crippen LogP contribution in [0.4, 0.5) is 0 Å². The molecule has 1 aliphatic rings. The summed E-state index contributed by atoms with van der Waals surface area (Å²) in [6.07, 6.45) is 1.76. The van der Waals surface area contributed by atoms with E-state index in [1.807, 2.05) is 30.3 Å². The summed E-state index contributed by atoms with van der Waals surface area (Å²) in [4.78, 5) is 26.6. The Hall–Kier alpha value is -2.91. The summed E-state index contributed by atoms with van der Waals surface area (Å²) in [5.41, 5.74) is 3.19. The highest BCUT2D eigenvalue weighted by Crippen LogP contribution is 2.33. The summed E-state index contributed by atoms with van der Waals surface area (Å²) in [5, 5.41) is 6.40. The molecule has 37 heavy (non-hydrogen) atoms. The van der Waals surface area contributed by atoms with E-state index in [1.54, 1.807) is 18.2 Å². The van der Waals surface area contributed by atoms with Crippen LogP contribution >= 0.6 is 23.2 Å². The number of rotatable bonds is 8. The van der Waals surface area contributed by atoms with Crippen LogP contribution in [0.2, 0.25) is 10.0 Å². The number of nitrogens with one attached hydrogen (secondary N) is 2. The highest BCUT2D eigenvalue weighted by Gasteiger charge is 2.28. The van der Waals surface area contributed by atoms with Gasteiger partial charge in [0.25, 0.3) is 5.91 Å². The first-order valence-electron chi connectivity index (χ1n) is 11.6. The molecule has 10 heteroatoms. The minimum Gasteiger partial charge on any atom is -0.459 e. The molecule has 0 aromatic heterocycles. The van der Waals surface area contributed by atoms with Crippen LogP contribution in [0.3, 0.4) is 0 Å². The fourth-order valence-corrected chi connectivity index (χ4v) is 5.63. The maximum Gasteiger partial charge on any atom is 0.329 e. The molecule has 0 unspecified atom stereocenters. The highest BCUT2D eigenvalue weighted by molar-refractivity contribution is 7.90. The Morgan fingerprint density at radius 2 is 1.78 bits per heavy atom. The van der Waals surface area contributed by atoms with Crippen LogP contribution in [0.25, 0.3) is 0 Å². The number of sulfone groups is 1. The minimum atomic E-state index is -3.46. The number of ether oxygens (including phenoxy) is 1. The van der Waals surface area contributed by atoms with Gasteiger partial charge in [0.2, 0.25) is 0 Å². The maximum atomic E-state index is 13.4. The molecular formula is C27H26Cl2N2O5S. The molecule has 0 aliphatic carbocycles. The van der Waals surface area contributed by atoms with Crippen LogP contribution in [-0.4, -0.2) is 39.1 Å². The number of fused-ring (bicyclic) bond motifs is 1. The summed E-state index contributed by atoms with van der Waals surface area (Å²) < 4.78 is 29.5. The molecule has 4 rings (SSSR count). The molecule has 1 heterocycles. The van der Waals surface area contributed by atoms with Gasteiger partial charge in [-0.05, 0) is 53.4 Å². The first kappa shape index (κ1) is 27.1. The molecular weight excluding hydrogens is 535 g/mol. The zero-order valence-corrected chi connectivity index (χ0v) is 22.4. The predicted octanol–water partition coefficient (Wildman–Crippen LogP) is 4.13. The third-order valence-corrected chi connectivity index (χ3v) is 7.91. The Balaban J connectivity index is 1.61. The summed E-state index contributed by atoms with van der Waals surface area (Å²) in [7, 11) is -3.46. The van der Waals surface area contributed by atoms with Crippen LogP contribution in [0.5, 0.6) is 0 Å². The van der Waals surface area contributed by atoms with Crippen molar-refractivity contribution in [3.05, 3.63) is 98.5 Å². The number of amides is 1. The Morgan fingerprint density at radius 1 is 1.05 bits per heavy atom. The fraction of sp³-hybridized carbons (Fsp3) is 0.259. The monoisotopic (exact) mass is 560 g/mol. The molecule has 7 nitrogen and oxygen atoms in total. The summed E-state index contributed by atoms with van der Waals surface area (Å²) in [6.45, 7) is 1.34. The molecule has 0 saturated heterocycles. The van der Waals surface area contributed by atoms with E-state index < -0.39 is 27.8 Å². The zero-order valence-electron chi connectivity index (χ0n) is 20.1. The van der Waals surface area contributed by atoms with Gasteiger partial charge < -0.3 is 15.4 Å². The van der Waals surface area contributed by atoms with Gasteiger partial charge in [-0.3, -0.25) is 4.79 Å². The predicted molar refractivity (Wildman–Crippen MR) is 143 cm³/mol. The molecule has 0 radical (unpaired) electrons. The van der Waals surface area contributed by atoms with Gasteiger partial charge in [0, 0.05) is 19.2 Å². The lowest BCUT2D eigenvalue weighted by Crippen LogP contribution is -2.43. The van der Waals surface area contributed by atoms with Gasteiger partial charge in [0.1, 0.15) is 12.6 Å². The second-order valence-electron chi connectivity index (χ2n) is 8.85. The topological polar surface area (TPSA) is 102 Å². The van der Waals surface area contributed by atoms with Gasteiger partial charge in [-0.15, -0.1) is 0 Å². The Bertz CT molecular complexity index is 1430. The standard InChI is InChI=1S/C27H26Cl2N2O5S/c1-37(34,35)20-9-5-8-18(12-20)13-23(27(33)36-16-17-6-3-2-4-7-17)31-26(32)24-22(28)14-19-15-30-11-10-21(19)25(24)29/h2-9,12,14,23,30H,10-11,13,15-16H2,1H3,(H,31,32)/t23-/m0/s1. The lowest BCUT2D eigenvalue weighted by molar-refractivity contribution is -0.147. The number of halogens is 2. The number of hydrogen-bond donors (Lipinski definition) is 2. The average molecular weight is 561 g/mol. The third-order valence-electron chi connectivity index (χ3n) is 6.09. The molecule has 0 fully saturated rings. The van der Waals surface area contributed by atoms with Crippen LogP contribution < -0.4 is 10.6 Å². The Morgan fingerprint density at radius 3 is 2.51 bits per heavy atom. The van der Waals surface area contributed by atoms with E-state index >= 15 is 0 Å². The van der Waals surface area contributed by atoms with Crippen molar-refractivity contribution in [2.45, 2.75) is 36.9 Å². The van der Waals surface area contributed by atoms with Crippen molar-refractivity contribution in [1.82, 2.24) is 10.6 Å². The number of carbonyl (C=O) groups is 2. The van der Waals surface area contributed by atoms with Gasteiger partial charge >= 0.3 is 5.97 Å². The van der Waals surface area contributed by atoms with Crippen molar-refractivity contribution < 1.29 is 22.7 Å². The van der Waals surface area contributed by atoms with Crippen molar-refractivity contribution in [2.24, 2.45) is 0 Å². The van der Waals surface area contributed by atoms with Gasteiger partial charge in [-0.1, -0.05) is 65.7 Å². The first-order chi connectivity index (χ1) is 17.6. The van der Waals surface area contributed by atoms with Crippen molar-refractivity contribution in [2.75, 3.05) is 12.8 Å². The molecule has 1 amide bonds. The highest BCUT2D eigenvalue weighted by atomic mass is 35.5. The van der Waals surface area contributed by atoms with E-state index in [0.29, 0.717) is 18.5 Å². The molecule has 3 aromatic rings. The largest absolute Gasteiger partial charge is 0.459 e. The molecule has 1 atom stereocenters. The van der Waals surface area contributed by atoms with Gasteiger partial charge in [0.05, 0.1) is 20.5 Å². The van der Waals surface area contributed by atoms with Gasteiger partial charge in [-0.25, -0.2) is 13.2 Å². The van der Waals surface area contributed by atoms with E-state index in [1.165, 1.54) is 12.1 Å². The van der Waals surface area contributed by atoms with Crippen molar-refractivity contribution in [3.8, 4) is 0 Å². The maximum absolute atomic E-state index is 13.4. The molecule has 2 N–H and O–H groups in total. The smallest absolute Gasteiger partial charge is 0.329 e. The lowest BCUT2D eigenvalue weighted by atomic mass is 9.97. The van der Waals surface area contributed by atoms with Crippen molar-refractivity contribution in [1.29, 1.82) is 0 Å². The van der Waals surface area contributed by atoms with Crippen molar-refractivity contribution in [3.63, 3.8) is 0 Å². The lowest BCUT2D eigenvalue weighted by Gasteiger charge is -2.23.